The Bertz CT molecular complexity index is 1230. The van der Waals surface area contributed by atoms with E-state index in [4.69, 9.17) is 11.5 Å². The second-order valence-corrected chi connectivity index (χ2v) is 11.8. The molecule has 0 bridgehead atoms. The fraction of sp³-hybridized carbons (Fsp3) is 0.571. The molecule has 4 rings (SSSR count). The lowest BCUT2D eigenvalue weighted by Gasteiger charge is -2.37. The lowest BCUT2D eigenvalue weighted by molar-refractivity contribution is -0.138. The van der Waals surface area contributed by atoms with Crippen LogP contribution in [0.5, 0.6) is 0 Å². The standard InChI is InChI=1S/C28H39F3N8O3/c1-26(2,33)24(41)38-9-11-39(12-10-38)25(42)36-23(5-7-34-18-40)35-21-4-3-19(22(13-21)28(29,30)31)6-8-37-15-20-14-27(20,16-32)17-37/h3-5,7,13,18,20H,6,8-12,14-17,32-33H2,1-2H3,(H,34,40)(H,35,36,42)/b7-5-. The first-order chi connectivity index (χ1) is 19.8. The van der Waals surface area contributed by atoms with Gasteiger partial charge in [-0.3, -0.25) is 14.9 Å². The van der Waals surface area contributed by atoms with Gasteiger partial charge in [-0.25, -0.2) is 9.79 Å². The van der Waals surface area contributed by atoms with E-state index in [0.29, 0.717) is 25.4 Å². The third-order valence-corrected chi connectivity index (χ3v) is 8.17. The van der Waals surface area contributed by atoms with Crippen LogP contribution in [0.1, 0.15) is 31.4 Å². The van der Waals surface area contributed by atoms with Gasteiger partial charge < -0.3 is 31.5 Å². The van der Waals surface area contributed by atoms with Crippen molar-refractivity contribution in [3.8, 4) is 0 Å². The first-order valence-corrected chi connectivity index (χ1v) is 14.0. The Hall–Kier alpha value is -3.49. The SMILES string of the molecule is CC(C)(N)C(=O)N1CCN(C(=O)NC(/C=C\NC=O)=Nc2ccc(CCN3CC4CC4(CN)C3)c(C(F)(F)F)c2)CC1. The molecule has 3 fully saturated rings. The van der Waals surface area contributed by atoms with Crippen LogP contribution in [0.15, 0.2) is 35.5 Å². The Balaban J connectivity index is 1.45. The molecule has 4 amide bonds. The number of nitrogens with two attached hydrogens (primary N) is 2. The van der Waals surface area contributed by atoms with E-state index in [1.54, 1.807) is 18.7 Å². The van der Waals surface area contributed by atoms with Gasteiger partial charge in [-0.15, -0.1) is 0 Å². The van der Waals surface area contributed by atoms with Crippen LogP contribution in [-0.2, 0) is 22.2 Å². The molecule has 1 saturated carbocycles. The van der Waals surface area contributed by atoms with Gasteiger partial charge in [-0.05, 0) is 68.3 Å². The van der Waals surface area contributed by atoms with Crippen LogP contribution in [0.2, 0.25) is 0 Å². The number of aliphatic imine (C=N–C) groups is 1. The van der Waals surface area contributed by atoms with Crippen molar-refractivity contribution < 1.29 is 27.6 Å². The van der Waals surface area contributed by atoms with E-state index < -0.39 is 23.3 Å². The van der Waals surface area contributed by atoms with E-state index in [1.807, 2.05) is 0 Å². The largest absolute Gasteiger partial charge is 0.416 e. The molecule has 2 aliphatic heterocycles. The molecule has 1 aliphatic carbocycles. The Morgan fingerprint density at radius 3 is 2.45 bits per heavy atom. The van der Waals surface area contributed by atoms with Crippen LogP contribution in [0.3, 0.4) is 0 Å². The number of amidine groups is 1. The number of nitrogens with zero attached hydrogens (tertiary/aromatic N) is 4. The molecule has 2 atom stereocenters. The smallest absolute Gasteiger partial charge is 0.338 e. The minimum absolute atomic E-state index is 0.0118. The number of alkyl halides is 3. The molecule has 0 radical (unpaired) electrons. The molecule has 2 saturated heterocycles. The van der Waals surface area contributed by atoms with Gasteiger partial charge in [0.2, 0.25) is 12.3 Å². The van der Waals surface area contributed by atoms with Crippen molar-refractivity contribution >= 4 is 29.9 Å². The monoisotopic (exact) mass is 592 g/mol. The number of piperazine rings is 1. The average Bonchev–Trinajstić information content (AvgIpc) is 3.50. The number of nitrogens with one attached hydrogen (secondary N) is 2. The number of amides is 4. The summed E-state index contributed by atoms with van der Waals surface area (Å²) in [6, 6.07) is 3.30. The molecule has 42 heavy (non-hydrogen) atoms. The van der Waals surface area contributed by atoms with Crippen molar-refractivity contribution in [2.45, 2.75) is 38.4 Å². The predicted octanol–water partition coefficient (Wildman–Crippen LogP) is 1.41. The summed E-state index contributed by atoms with van der Waals surface area (Å²) in [6.07, 6.45) is -0.385. The van der Waals surface area contributed by atoms with E-state index in [1.165, 1.54) is 29.3 Å². The van der Waals surface area contributed by atoms with Crippen LogP contribution >= 0.6 is 0 Å². The molecule has 2 unspecified atom stereocenters. The lowest BCUT2D eigenvalue weighted by atomic mass is 10.0. The third kappa shape index (κ3) is 7.47. The summed E-state index contributed by atoms with van der Waals surface area (Å²) in [5.41, 5.74) is 10.3. The van der Waals surface area contributed by atoms with Gasteiger partial charge in [0.1, 0.15) is 5.84 Å². The first kappa shape index (κ1) is 31.4. The summed E-state index contributed by atoms with van der Waals surface area (Å²) in [6.45, 7) is 7.04. The van der Waals surface area contributed by atoms with Crippen LogP contribution in [-0.4, -0.2) is 96.8 Å². The maximum absolute atomic E-state index is 14.1. The molecule has 1 aromatic carbocycles. The molecule has 0 aromatic heterocycles. The Labute approximate surface area is 243 Å². The molecule has 2 heterocycles. The van der Waals surface area contributed by atoms with Crippen LogP contribution < -0.4 is 22.1 Å². The molecule has 3 aliphatic rings. The quantitative estimate of drug-likeness (QED) is 0.194. The van der Waals surface area contributed by atoms with Crippen molar-refractivity contribution in [2.75, 3.05) is 52.4 Å². The molecule has 0 spiro atoms. The topological polar surface area (TPSA) is 149 Å². The highest BCUT2D eigenvalue weighted by molar-refractivity contribution is 6.05. The maximum Gasteiger partial charge on any atom is 0.416 e. The number of carbonyl (C=O) groups excluding carboxylic acids is 3. The highest BCUT2D eigenvalue weighted by Crippen LogP contribution is 2.56. The molecule has 230 valence electrons. The highest BCUT2D eigenvalue weighted by Gasteiger charge is 2.58. The number of rotatable bonds is 9. The van der Waals surface area contributed by atoms with E-state index in [2.05, 4.69) is 20.5 Å². The van der Waals surface area contributed by atoms with Gasteiger partial charge in [0.05, 0.1) is 16.8 Å². The zero-order valence-corrected chi connectivity index (χ0v) is 23.9. The van der Waals surface area contributed by atoms with Crippen LogP contribution in [0.25, 0.3) is 0 Å². The molecule has 1 aromatic rings. The van der Waals surface area contributed by atoms with Crippen molar-refractivity contribution in [1.82, 2.24) is 25.3 Å². The second-order valence-electron chi connectivity index (χ2n) is 11.8. The number of fused-ring (bicyclic) bond motifs is 1. The highest BCUT2D eigenvalue weighted by atomic mass is 19.4. The van der Waals surface area contributed by atoms with Crippen LogP contribution in [0, 0.1) is 11.3 Å². The number of likely N-dealkylation sites (tertiary alicyclic amines) is 1. The lowest BCUT2D eigenvalue weighted by Crippen LogP contribution is -2.59. The van der Waals surface area contributed by atoms with E-state index in [9.17, 15) is 27.6 Å². The number of carbonyl (C=O) groups is 3. The van der Waals surface area contributed by atoms with Crippen LogP contribution in [0.4, 0.5) is 23.7 Å². The summed E-state index contributed by atoms with van der Waals surface area (Å²) < 4.78 is 42.2. The molecule has 11 nitrogen and oxygen atoms in total. The van der Waals surface area contributed by atoms with Gasteiger partial charge in [-0.1, -0.05) is 6.07 Å². The zero-order valence-electron chi connectivity index (χ0n) is 23.9. The summed E-state index contributed by atoms with van der Waals surface area (Å²) in [5.74, 6) is 0.245. The van der Waals surface area contributed by atoms with E-state index in [0.717, 1.165) is 25.6 Å². The Morgan fingerprint density at radius 2 is 1.86 bits per heavy atom. The number of piperidine rings is 1. The van der Waals surface area contributed by atoms with Gasteiger partial charge in [-0.2, -0.15) is 13.2 Å². The van der Waals surface area contributed by atoms with Gasteiger partial charge >= 0.3 is 12.2 Å². The normalized spacial score (nSPS) is 23.2. The molecular formula is C28H39F3N8O3. The number of hydrogen-bond acceptors (Lipinski definition) is 7. The van der Waals surface area contributed by atoms with Crippen molar-refractivity contribution in [3.63, 3.8) is 0 Å². The number of urea groups is 1. The van der Waals surface area contributed by atoms with Crippen molar-refractivity contribution in [3.05, 3.63) is 41.6 Å². The second kappa shape index (κ2) is 12.4. The minimum Gasteiger partial charge on any atom is -0.338 e. The molecular weight excluding hydrogens is 553 g/mol. The number of hydrogen-bond donors (Lipinski definition) is 4. The van der Waals surface area contributed by atoms with Gasteiger partial charge in [0.15, 0.2) is 0 Å². The summed E-state index contributed by atoms with van der Waals surface area (Å²) >= 11 is 0. The van der Waals surface area contributed by atoms with Gasteiger partial charge in [0.25, 0.3) is 0 Å². The molecule has 14 heteroatoms. The van der Waals surface area contributed by atoms with Crippen molar-refractivity contribution in [1.29, 1.82) is 0 Å². The number of benzene rings is 1. The van der Waals surface area contributed by atoms with E-state index >= 15 is 0 Å². The average molecular weight is 593 g/mol. The number of halogens is 3. The summed E-state index contributed by atoms with van der Waals surface area (Å²) in [5, 5.41) is 4.88. The predicted molar refractivity (Wildman–Crippen MR) is 152 cm³/mol. The summed E-state index contributed by atoms with van der Waals surface area (Å²) in [4.78, 5) is 45.5. The fourth-order valence-electron chi connectivity index (χ4n) is 5.71. The fourth-order valence-corrected chi connectivity index (χ4v) is 5.71. The summed E-state index contributed by atoms with van der Waals surface area (Å²) in [7, 11) is 0. The third-order valence-electron chi connectivity index (χ3n) is 8.17. The zero-order chi connectivity index (χ0) is 30.7. The minimum atomic E-state index is -4.60. The Morgan fingerprint density at radius 1 is 1.17 bits per heavy atom. The Kier molecular flexibility index (Phi) is 9.28. The maximum atomic E-state index is 14.1. The van der Waals surface area contributed by atoms with Crippen molar-refractivity contribution in [2.24, 2.45) is 27.8 Å². The van der Waals surface area contributed by atoms with E-state index in [-0.39, 0.29) is 61.0 Å². The first-order valence-electron chi connectivity index (χ1n) is 14.0. The molecule has 6 N–H and O–H groups in total. The van der Waals surface area contributed by atoms with Gasteiger partial charge in [0, 0.05) is 52.0 Å².